The van der Waals surface area contributed by atoms with E-state index >= 15 is 0 Å². The average Bonchev–Trinajstić information content (AvgIpc) is 3.37. The summed E-state index contributed by atoms with van der Waals surface area (Å²) in [5, 5.41) is -1.04. The predicted octanol–water partition coefficient (Wildman–Crippen LogP) is 8.83. The van der Waals surface area contributed by atoms with Crippen LogP contribution in [-0.2, 0) is 65.8 Å². The van der Waals surface area contributed by atoms with Crippen molar-refractivity contribution in [3.63, 3.8) is 0 Å². The molecule has 0 heterocycles. The van der Waals surface area contributed by atoms with Crippen LogP contribution in [-0.4, -0.2) is 95.3 Å². The van der Waals surface area contributed by atoms with E-state index in [-0.39, 0.29) is 68.4 Å². The SMILES string of the molecule is C=C(CBr)C(=O)OC(C)(C)C.C=C(COCC(F)(F)S(=O)(=O)[O-])C(=O)OC(C)(C)C.O=S(=O)([O-])C(F)(F)CO.[Na+].[OH-].c1ccc([S+](c2ccccc2)c2ccccc2)cc1.c1ccc([S+](c2ccccc2)c2ccccc2)cc1. The zero-order valence-corrected chi connectivity index (χ0v) is 51.3. The first-order chi connectivity index (χ1) is 35.8. The van der Waals surface area contributed by atoms with Crippen LogP contribution in [0.1, 0.15) is 41.5 Å². The third kappa shape index (κ3) is 28.1. The Morgan fingerprint density at radius 3 is 0.911 bits per heavy atom. The van der Waals surface area contributed by atoms with E-state index < -0.39 is 67.7 Å². The van der Waals surface area contributed by atoms with Gasteiger partial charge in [0.25, 0.3) is 0 Å². The molecule has 0 aromatic heterocycles. The second kappa shape index (κ2) is 35.3. The minimum Gasteiger partial charge on any atom is -0.870 e. The Balaban J connectivity index is 0.000000984. The van der Waals surface area contributed by atoms with Crippen LogP contribution in [0.5, 0.6) is 0 Å². The van der Waals surface area contributed by atoms with Crippen molar-refractivity contribution in [2.45, 2.75) is 92.6 Å². The first-order valence-corrected chi connectivity index (χ1v) is 29.2. The monoisotopic (exact) mass is 1250 g/mol. The van der Waals surface area contributed by atoms with Crippen molar-refractivity contribution < 1.29 is 107 Å². The zero-order valence-electron chi connectivity index (χ0n) is 44.5. The number of benzene rings is 6. The predicted molar refractivity (Wildman–Crippen MR) is 296 cm³/mol. The number of aliphatic hydroxyl groups is 1. The van der Waals surface area contributed by atoms with E-state index in [9.17, 15) is 53.1 Å². The first-order valence-electron chi connectivity index (χ1n) is 22.9. The van der Waals surface area contributed by atoms with E-state index in [0.717, 1.165) is 0 Å². The number of halogens is 5. The standard InChI is InChI=1S/2C18H15S.C10H16F2O6S.C8H13BrO2.C2H4F2O4S.Na.H2O/c2*1-4-10-16(11-5-1)19(17-12-6-2-7-13-17)18-14-8-3-9-15-18;1-7(8(13)18-9(2,3)4)5-17-6-10(11,12)19(14,15)16;1-6(5-9)7(10)11-8(2,3)4;3-2(4,1-5)9(6,7)8;;/h2*1-15H;1,5-6H2,2-4H3,(H,14,15,16);1,5H2,2-4H3;5H,1H2,(H,6,7,8);;1H2/q2*+1;;;;+1;/p-3. The van der Waals surface area contributed by atoms with Crippen molar-refractivity contribution >= 4 is 69.9 Å². The van der Waals surface area contributed by atoms with E-state index in [4.69, 9.17) is 14.6 Å². The number of aliphatic hydroxyl groups excluding tert-OH is 1. The smallest absolute Gasteiger partial charge is 0.870 e. The van der Waals surface area contributed by atoms with Crippen LogP contribution in [0.2, 0.25) is 0 Å². The van der Waals surface area contributed by atoms with Crippen LogP contribution in [0.15, 0.2) is 236 Å². The summed E-state index contributed by atoms with van der Waals surface area (Å²) >= 11 is 3.12. The van der Waals surface area contributed by atoms with E-state index in [1.807, 2.05) is 20.8 Å². The summed E-state index contributed by atoms with van der Waals surface area (Å²) < 4.78 is 121. The molecule has 6 aromatic rings. The normalized spacial score (nSPS) is 11.3. The number of alkyl halides is 5. The van der Waals surface area contributed by atoms with Gasteiger partial charge in [-0.15, -0.1) is 0 Å². The molecule has 13 nitrogen and oxygen atoms in total. The van der Waals surface area contributed by atoms with Gasteiger partial charge in [-0.1, -0.05) is 138 Å². The van der Waals surface area contributed by atoms with E-state index in [1.54, 1.807) is 20.8 Å². The molecule has 79 heavy (non-hydrogen) atoms. The third-order valence-corrected chi connectivity index (χ3v) is 15.7. The fraction of sp³-hybridized carbons (Fsp3) is 0.250. The molecule has 0 unspecified atom stereocenters. The largest absolute Gasteiger partial charge is 1.00 e. The van der Waals surface area contributed by atoms with Crippen LogP contribution in [0, 0.1) is 0 Å². The van der Waals surface area contributed by atoms with Gasteiger partial charge in [0.2, 0.25) is 0 Å². The zero-order chi connectivity index (χ0) is 58.1. The number of hydrogen-bond donors (Lipinski definition) is 1. The Hall–Kier alpha value is -4.66. The molecule has 0 saturated carbocycles. The van der Waals surface area contributed by atoms with Crippen molar-refractivity contribution in [2.24, 2.45) is 0 Å². The summed E-state index contributed by atoms with van der Waals surface area (Å²) in [5.74, 6) is -1.20. The number of carbonyl (C=O) groups excluding carboxylic acids is 2. The van der Waals surface area contributed by atoms with Gasteiger partial charge in [0, 0.05) is 10.9 Å². The Morgan fingerprint density at radius 1 is 0.506 bits per heavy atom. The molecule has 0 aliphatic heterocycles. The second-order valence-corrected chi connectivity index (χ2v) is 25.3. The van der Waals surface area contributed by atoms with Crippen LogP contribution < -0.4 is 29.6 Å². The molecule has 0 saturated heterocycles. The third-order valence-electron chi connectivity index (χ3n) is 8.87. The minimum absolute atomic E-state index is 0. The molecule has 0 radical (unpaired) electrons. The van der Waals surface area contributed by atoms with Crippen molar-refractivity contribution in [2.75, 3.05) is 25.2 Å². The summed E-state index contributed by atoms with van der Waals surface area (Å²) in [6.45, 7) is 12.8. The van der Waals surface area contributed by atoms with Crippen LogP contribution >= 0.6 is 15.9 Å². The number of ether oxygens (including phenoxy) is 3. The van der Waals surface area contributed by atoms with Gasteiger partial charge in [0.1, 0.15) is 24.4 Å². The summed E-state index contributed by atoms with van der Waals surface area (Å²) in [5.41, 5.74) is -1.04. The van der Waals surface area contributed by atoms with E-state index in [2.05, 4.69) is 216 Å². The van der Waals surface area contributed by atoms with Gasteiger partial charge in [0.15, 0.2) is 49.6 Å². The molecule has 23 heteroatoms. The Bertz CT molecular complexity index is 2660. The summed E-state index contributed by atoms with van der Waals surface area (Å²) in [6, 6.07) is 64.3. The van der Waals surface area contributed by atoms with Crippen molar-refractivity contribution in [3.8, 4) is 0 Å². The topological polar surface area (TPSA) is 226 Å². The summed E-state index contributed by atoms with van der Waals surface area (Å²) in [4.78, 5) is 30.5. The van der Waals surface area contributed by atoms with Gasteiger partial charge < -0.3 is 33.9 Å². The first kappa shape index (κ1) is 74.3. The molecule has 6 rings (SSSR count). The van der Waals surface area contributed by atoms with Gasteiger partial charge in [0.05, 0.1) is 34.0 Å². The molecule has 0 amide bonds. The van der Waals surface area contributed by atoms with Crippen molar-refractivity contribution in [3.05, 3.63) is 206 Å². The molecular weight excluding hydrogens is 1190 g/mol. The average molecular weight is 1250 g/mol. The van der Waals surface area contributed by atoms with Gasteiger partial charge in [-0.3, -0.25) is 0 Å². The second-order valence-electron chi connectivity index (χ2n) is 17.7. The Morgan fingerprint density at radius 2 is 0.734 bits per heavy atom. The minimum atomic E-state index is -5.80. The number of carbonyl (C=O) groups is 2. The van der Waals surface area contributed by atoms with E-state index in [1.165, 1.54) is 29.4 Å². The van der Waals surface area contributed by atoms with Gasteiger partial charge >= 0.3 is 52.0 Å². The van der Waals surface area contributed by atoms with Gasteiger partial charge in [-0.25, -0.2) is 26.4 Å². The maximum atomic E-state index is 12.7. The van der Waals surface area contributed by atoms with E-state index in [0.29, 0.717) is 10.9 Å². The quantitative estimate of drug-likeness (QED) is 0.0182. The molecule has 424 valence electrons. The number of esters is 2. The van der Waals surface area contributed by atoms with Crippen LogP contribution in [0.25, 0.3) is 0 Å². The Kier molecular flexibility index (Phi) is 33.2. The van der Waals surface area contributed by atoms with Gasteiger partial charge in [-0.2, -0.15) is 17.6 Å². The van der Waals surface area contributed by atoms with Crippen LogP contribution in [0.3, 0.4) is 0 Å². The summed E-state index contributed by atoms with van der Waals surface area (Å²) in [7, 11) is -11.5. The Labute approximate surface area is 497 Å². The fourth-order valence-corrected chi connectivity index (χ4v) is 10.2. The maximum absolute atomic E-state index is 12.7. The molecule has 0 bridgehead atoms. The molecule has 0 atom stereocenters. The molecule has 6 aromatic carbocycles. The fourth-order valence-electron chi connectivity index (χ4n) is 5.41. The van der Waals surface area contributed by atoms with Crippen molar-refractivity contribution in [1.82, 2.24) is 0 Å². The summed E-state index contributed by atoms with van der Waals surface area (Å²) in [6.07, 6.45) is 0. The maximum Gasteiger partial charge on any atom is 1.00 e. The molecule has 0 fully saturated rings. The van der Waals surface area contributed by atoms with Gasteiger partial charge in [-0.05, 0) is 114 Å². The molecule has 0 aliphatic carbocycles. The molecular formula is C56H62BrF4NaO13S4. The molecule has 2 N–H and O–H groups in total. The number of rotatable bonds is 16. The van der Waals surface area contributed by atoms with Crippen molar-refractivity contribution in [1.29, 1.82) is 0 Å². The van der Waals surface area contributed by atoms with Crippen LogP contribution in [0.4, 0.5) is 17.6 Å². The number of hydrogen-bond acceptors (Lipinski definition) is 13. The molecule has 0 aliphatic rings. The molecule has 0 spiro atoms.